The van der Waals surface area contributed by atoms with E-state index >= 15 is 8.78 Å². The summed E-state index contributed by atoms with van der Waals surface area (Å²) in [5.41, 5.74) is -6.93. The van der Waals surface area contributed by atoms with Crippen LogP contribution in [0.4, 0.5) is 8.78 Å². The van der Waals surface area contributed by atoms with Crippen molar-refractivity contribution in [1.29, 1.82) is 0 Å². The molecule has 0 bridgehead atoms. The number of aliphatic hydroxyl groups excluding tert-OH is 1. The van der Waals surface area contributed by atoms with Crippen molar-refractivity contribution in [3.05, 3.63) is 69.3 Å². The van der Waals surface area contributed by atoms with Gasteiger partial charge in [-0.2, -0.15) is 0 Å². The SMILES string of the molecule is C[C@@H]1CC2C3C[C@H](F)C4=CC(=O)C=C[C@]4(C)[C@@]3(F)[C@@H](O)C[C@]2(C)[C@@]1(O)C(=O)COC(=O)c1ccc(CO[N+](=O)[O-])cc1. The number of halogens is 2. The van der Waals surface area contributed by atoms with Gasteiger partial charge in [-0.3, -0.25) is 9.59 Å². The van der Waals surface area contributed by atoms with Crippen molar-refractivity contribution in [2.75, 3.05) is 6.61 Å². The summed E-state index contributed by atoms with van der Waals surface area (Å²) >= 11 is 0. The highest BCUT2D eigenvalue weighted by atomic mass is 19.1. The van der Waals surface area contributed by atoms with Crippen molar-refractivity contribution in [3.8, 4) is 0 Å². The fourth-order valence-electron chi connectivity index (χ4n) is 8.32. The summed E-state index contributed by atoms with van der Waals surface area (Å²) in [5, 5.41) is 32.8. The molecule has 4 aliphatic carbocycles. The number of nitrogens with zero attached hydrogens (tertiary/aromatic N) is 1. The number of benzene rings is 1. The van der Waals surface area contributed by atoms with Gasteiger partial charge in [0.15, 0.2) is 18.1 Å². The Balaban J connectivity index is 1.36. The molecular formula is C30H33F2NO9. The molecule has 2 N–H and O–H groups in total. The molecule has 42 heavy (non-hydrogen) atoms. The highest BCUT2D eigenvalue weighted by Crippen LogP contribution is 2.71. The number of carbonyl (C=O) groups excluding carboxylic acids is 3. The summed E-state index contributed by atoms with van der Waals surface area (Å²) in [4.78, 5) is 52.9. The van der Waals surface area contributed by atoms with Gasteiger partial charge in [-0.05, 0) is 73.4 Å². The van der Waals surface area contributed by atoms with Crippen LogP contribution in [0.3, 0.4) is 0 Å². The van der Waals surface area contributed by atoms with Crippen LogP contribution in [0.15, 0.2) is 48.1 Å². The van der Waals surface area contributed by atoms with Crippen molar-refractivity contribution in [1.82, 2.24) is 0 Å². The van der Waals surface area contributed by atoms with Gasteiger partial charge >= 0.3 is 5.97 Å². The molecule has 4 aliphatic rings. The molecule has 0 saturated heterocycles. The summed E-state index contributed by atoms with van der Waals surface area (Å²) < 4.78 is 38.1. The average molecular weight is 590 g/mol. The Kier molecular flexibility index (Phi) is 7.17. The lowest BCUT2D eigenvalue weighted by Crippen LogP contribution is -2.70. The average Bonchev–Trinajstić information content (AvgIpc) is 3.14. The van der Waals surface area contributed by atoms with Crippen LogP contribution in [0.2, 0.25) is 0 Å². The van der Waals surface area contributed by atoms with Gasteiger partial charge in [0.05, 0.1) is 11.7 Å². The van der Waals surface area contributed by atoms with Crippen LogP contribution in [-0.4, -0.2) is 63.0 Å². The number of carbonyl (C=O) groups is 3. The number of aliphatic hydroxyl groups is 2. The molecule has 10 nitrogen and oxygen atoms in total. The second-order valence-electron chi connectivity index (χ2n) is 12.5. The number of esters is 1. The maximum Gasteiger partial charge on any atom is 0.338 e. The quantitative estimate of drug-likeness (QED) is 0.277. The zero-order chi connectivity index (χ0) is 30.8. The highest BCUT2D eigenvalue weighted by Gasteiger charge is 2.76. The van der Waals surface area contributed by atoms with E-state index in [0.29, 0.717) is 5.56 Å². The Hall–Kier alpha value is -3.51. The third-order valence-corrected chi connectivity index (χ3v) is 10.5. The first-order chi connectivity index (χ1) is 19.6. The van der Waals surface area contributed by atoms with Crippen molar-refractivity contribution in [3.63, 3.8) is 0 Å². The van der Waals surface area contributed by atoms with E-state index in [4.69, 9.17) is 4.74 Å². The van der Waals surface area contributed by atoms with Gasteiger partial charge in [-0.1, -0.05) is 32.1 Å². The molecule has 0 heterocycles. The smallest absolute Gasteiger partial charge is 0.338 e. The summed E-state index contributed by atoms with van der Waals surface area (Å²) in [5.74, 6) is -4.61. The molecule has 12 heteroatoms. The van der Waals surface area contributed by atoms with Gasteiger partial charge in [-0.25, -0.2) is 13.6 Å². The lowest BCUT2D eigenvalue weighted by molar-refractivity contribution is -0.763. The van der Waals surface area contributed by atoms with Gasteiger partial charge in [0, 0.05) is 16.7 Å². The predicted octanol–water partition coefficient (Wildman–Crippen LogP) is 3.42. The Morgan fingerprint density at radius 2 is 1.83 bits per heavy atom. The van der Waals surface area contributed by atoms with E-state index < -0.39 is 81.4 Å². The zero-order valence-corrected chi connectivity index (χ0v) is 23.4. The number of allylic oxidation sites excluding steroid dienone is 4. The Morgan fingerprint density at radius 3 is 2.48 bits per heavy atom. The monoisotopic (exact) mass is 589 g/mol. The van der Waals surface area contributed by atoms with Gasteiger partial charge in [0.2, 0.25) is 5.78 Å². The van der Waals surface area contributed by atoms with E-state index in [9.17, 15) is 34.7 Å². The molecule has 1 aromatic carbocycles. The van der Waals surface area contributed by atoms with E-state index in [-0.39, 0.29) is 37.0 Å². The van der Waals surface area contributed by atoms with Gasteiger partial charge in [0.25, 0.3) is 5.09 Å². The number of ketones is 2. The number of fused-ring (bicyclic) bond motifs is 5. The minimum absolute atomic E-state index is 0.0148. The lowest BCUT2D eigenvalue weighted by Gasteiger charge is -2.63. The lowest BCUT2D eigenvalue weighted by atomic mass is 9.44. The topological polar surface area (TPSA) is 153 Å². The van der Waals surface area contributed by atoms with Crippen molar-refractivity contribution < 1.29 is 48.0 Å². The molecule has 0 spiro atoms. The van der Waals surface area contributed by atoms with E-state index in [1.165, 1.54) is 43.3 Å². The zero-order valence-electron chi connectivity index (χ0n) is 23.4. The number of Topliss-reactive ketones (excluding diaryl/α,β-unsaturated/α-hetero) is 1. The van der Waals surface area contributed by atoms with Gasteiger partial charge < -0.3 is 19.8 Å². The largest absolute Gasteiger partial charge is 0.454 e. The Labute approximate surface area is 240 Å². The second-order valence-corrected chi connectivity index (χ2v) is 12.5. The van der Waals surface area contributed by atoms with Gasteiger partial charge in [-0.15, -0.1) is 10.1 Å². The van der Waals surface area contributed by atoms with Crippen LogP contribution < -0.4 is 0 Å². The normalized spacial score (nSPS) is 40.3. The van der Waals surface area contributed by atoms with E-state index in [1.807, 2.05) is 0 Å². The van der Waals surface area contributed by atoms with Crippen molar-refractivity contribution in [2.45, 2.75) is 70.2 Å². The first-order valence-corrected chi connectivity index (χ1v) is 13.8. The predicted molar refractivity (Wildman–Crippen MR) is 142 cm³/mol. The molecule has 226 valence electrons. The number of hydrogen-bond donors (Lipinski definition) is 2. The van der Waals surface area contributed by atoms with E-state index in [2.05, 4.69) is 4.84 Å². The minimum Gasteiger partial charge on any atom is -0.454 e. The van der Waals surface area contributed by atoms with Crippen LogP contribution in [0.5, 0.6) is 0 Å². The minimum atomic E-state index is -2.35. The first-order valence-electron chi connectivity index (χ1n) is 13.8. The van der Waals surface area contributed by atoms with Gasteiger partial charge in [0.1, 0.15) is 18.4 Å². The third kappa shape index (κ3) is 4.13. The van der Waals surface area contributed by atoms with Crippen LogP contribution in [0.1, 0.15) is 56.0 Å². The molecular weight excluding hydrogens is 556 g/mol. The number of ether oxygens (including phenoxy) is 1. The molecule has 0 radical (unpaired) electrons. The maximum absolute atomic E-state index is 17.3. The molecule has 0 aliphatic heterocycles. The van der Waals surface area contributed by atoms with Crippen LogP contribution in [0.25, 0.3) is 0 Å². The summed E-state index contributed by atoms with van der Waals surface area (Å²) in [6.45, 7) is 3.59. The molecule has 2 unspecified atom stereocenters. The standard InChI is InChI=1S/C30H33F2NO9/c1-16-10-20-21-12-23(31)22-11-19(34)8-9-27(22,2)29(21,32)24(35)13-28(20,3)30(16,38)25(36)15-41-26(37)18-6-4-17(5-7-18)14-42-33(39)40/h4-9,11,16,20-21,23-24,35,38H,10,12-15H2,1-3H3/t16-,20?,21?,23+,24+,27+,28+,29+,30+/m1/s1. The number of rotatable bonds is 7. The highest BCUT2D eigenvalue weighted by molar-refractivity contribution is 6.01. The van der Waals surface area contributed by atoms with E-state index in [1.54, 1.807) is 13.8 Å². The van der Waals surface area contributed by atoms with Crippen molar-refractivity contribution >= 4 is 17.5 Å². The Morgan fingerprint density at radius 1 is 1.17 bits per heavy atom. The molecule has 5 rings (SSSR count). The summed E-state index contributed by atoms with van der Waals surface area (Å²) in [6, 6.07) is 5.54. The summed E-state index contributed by atoms with van der Waals surface area (Å²) in [6.07, 6.45) is -0.175. The molecule has 0 aromatic heterocycles. The third-order valence-electron chi connectivity index (χ3n) is 10.5. The molecule has 1 aromatic rings. The van der Waals surface area contributed by atoms with Crippen molar-refractivity contribution in [2.24, 2.45) is 28.6 Å². The number of hydrogen-bond acceptors (Lipinski definition) is 9. The molecule has 3 saturated carbocycles. The van der Waals surface area contributed by atoms with Crippen LogP contribution in [-0.2, 0) is 25.8 Å². The molecule has 3 fully saturated rings. The second kappa shape index (κ2) is 10.0. The molecule has 0 amide bonds. The Bertz CT molecular complexity index is 1400. The number of alkyl halides is 2. The maximum atomic E-state index is 17.3. The fourth-order valence-corrected chi connectivity index (χ4v) is 8.32. The summed E-state index contributed by atoms with van der Waals surface area (Å²) in [7, 11) is 0. The molecule has 9 atom stereocenters. The van der Waals surface area contributed by atoms with Crippen LogP contribution >= 0.6 is 0 Å². The fraction of sp³-hybridized carbons (Fsp3) is 0.567. The van der Waals surface area contributed by atoms with E-state index in [0.717, 1.165) is 6.08 Å². The van der Waals surface area contributed by atoms with Crippen LogP contribution in [0, 0.1) is 38.7 Å². The first kappa shape index (κ1) is 30.0.